The number of pyridine rings is 1. The van der Waals surface area contributed by atoms with Gasteiger partial charge in [-0.2, -0.15) is 13.2 Å². The minimum absolute atomic E-state index is 0.375. The minimum atomic E-state index is -6.09. The number of halogens is 3. The van der Waals surface area contributed by atoms with E-state index in [0.717, 1.165) is 5.30 Å². The van der Waals surface area contributed by atoms with Crippen LogP contribution in [0.4, 0.5) is 13.2 Å². The standard InChI is InChI=1S/C25H21NO2P.CHF3O3S/c1-28-25(27)23-19-26-18-17-24(23)29(20-11-5-2-6-12-20,21-13-7-3-8-14-21)22-15-9-4-10-16-22;2-1(3,4)8(5,6)7/h2-19H,1H3;(H,5,6,7)/q+1;/p-1. The molecule has 37 heavy (non-hydrogen) atoms. The van der Waals surface area contributed by atoms with Gasteiger partial charge >= 0.3 is 11.5 Å². The lowest BCUT2D eigenvalue weighted by Gasteiger charge is -2.28. The number of hydrogen-bond donors (Lipinski definition) is 0. The highest BCUT2D eigenvalue weighted by Gasteiger charge is 2.50. The minimum Gasteiger partial charge on any atom is -0.741 e. The molecular weight excluding hydrogens is 526 g/mol. The van der Waals surface area contributed by atoms with Gasteiger partial charge in [0.05, 0.1) is 7.11 Å². The molecule has 0 N–H and O–H groups in total. The highest BCUT2D eigenvalue weighted by molar-refractivity contribution is 8.01. The quantitative estimate of drug-likeness (QED) is 0.164. The van der Waals surface area contributed by atoms with E-state index in [4.69, 9.17) is 17.7 Å². The number of esters is 1. The molecule has 4 rings (SSSR count). The predicted molar refractivity (Wildman–Crippen MR) is 136 cm³/mol. The van der Waals surface area contributed by atoms with Crippen LogP contribution in [0.3, 0.4) is 0 Å². The van der Waals surface area contributed by atoms with Crippen molar-refractivity contribution < 1.29 is 35.7 Å². The molecule has 6 nitrogen and oxygen atoms in total. The van der Waals surface area contributed by atoms with Crippen molar-refractivity contribution >= 4 is 44.6 Å². The average Bonchev–Trinajstić information content (AvgIpc) is 2.90. The van der Waals surface area contributed by atoms with Gasteiger partial charge in [0, 0.05) is 18.5 Å². The maximum atomic E-state index is 12.7. The van der Waals surface area contributed by atoms with Crippen LogP contribution in [0.5, 0.6) is 0 Å². The highest BCUT2D eigenvalue weighted by atomic mass is 32.2. The van der Waals surface area contributed by atoms with Crippen LogP contribution in [-0.2, 0) is 14.9 Å². The van der Waals surface area contributed by atoms with E-state index in [0.29, 0.717) is 5.56 Å². The lowest BCUT2D eigenvalue weighted by molar-refractivity contribution is -0.0517. The lowest BCUT2D eigenvalue weighted by Crippen LogP contribution is -2.40. The van der Waals surface area contributed by atoms with Gasteiger partial charge in [-0.3, -0.25) is 4.98 Å². The van der Waals surface area contributed by atoms with E-state index in [1.807, 2.05) is 24.3 Å². The molecule has 0 atom stereocenters. The molecule has 0 aliphatic carbocycles. The average molecular weight is 547 g/mol. The Bertz CT molecular complexity index is 1340. The molecule has 1 heterocycles. The normalized spacial score (nSPS) is 11.7. The molecule has 0 aliphatic heterocycles. The number of carbonyl (C=O) groups is 1. The summed E-state index contributed by atoms with van der Waals surface area (Å²) in [6.07, 6.45) is 3.37. The summed E-state index contributed by atoms with van der Waals surface area (Å²) < 4.78 is 64.0. The van der Waals surface area contributed by atoms with E-state index in [1.165, 1.54) is 23.0 Å². The van der Waals surface area contributed by atoms with Crippen molar-refractivity contribution in [2.24, 2.45) is 0 Å². The topological polar surface area (TPSA) is 96.4 Å². The van der Waals surface area contributed by atoms with E-state index in [1.54, 1.807) is 12.4 Å². The Kier molecular flexibility index (Phi) is 8.81. The van der Waals surface area contributed by atoms with Gasteiger partial charge in [-0.1, -0.05) is 54.6 Å². The van der Waals surface area contributed by atoms with Gasteiger partial charge in [0.15, 0.2) is 10.1 Å². The number of rotatable bonds is 5. The van der Waals surface area contributed by atoms with Crippen molar-refractivity contribution in [3.05, 3.63) is 115 Å². The number of nitrogens with zero attached hydrogens (tertiary/aromatic N) is 1. The largest absolute Gasteiger partial charge is 0.741 e. The van der Waals surface area contributed by atoms with E-state index >= 15 is 0 Å². The number of ether oxygens (including phenoxy) is 1. The molecule has 1 aromatic heterocycles. The van der Waals surface area contributed by atoms with Crippen molar-refractivity contribution in [1.29, 1.82) is 0 Å². The summed E-state index contributed by atoms with van der Waals surface area (Å²) in [4.78, 5) is 17.0. The molecule has 0 spiro atoms. The Morgan fingerprint density at radius 1 is 0.811 bits per heavy atom. The summed E-state index contributed by atoms with van der Waals surface area (Å²) in [5, 5.41) is 4.47. The number of carbonyl (C=O) groups excluding carboxylic acids is 1. The van der Waals surface area contributed by atoms with Crippen molar-refractivity contribution in [3.8, 4) is 0 Å². The molecule has 4 aromatic rings. The first-order valence-electron chi connectivity index (χ1n) is 10.6. The molecule has 0 aliphatic rings. The molecule has 11 heteroatoms. The Morgan fingerprint density at radius 2 is 1.19 bits per heavy atom. The molecule has 0 radical (unpaired) electrons. The first-order chi connectivity index (χ1) is 17.5. The van der Waals surface area contributed by atoms with E-state index in [-0.39, 0.29) is 5.97 Å². The maximum absolute atomic E-state index is 12.7. The van der Waals surface area contributed by atoms with Gasteiger partial charge in [0.1, 0.15) is 34.0 Å². The molecule has 0 fully saturated rings. The second kappa shape index (κ2) is 11.6. The zero-order valence-electron chi connectivity index (χ0n) is 19.4. The fourth-order valence-corrected chi connectivity index (χ4v) is 8.15. The number of hydrogen-bond acceptors (Lipinski definition) is 6. The third-order valence-electron chi connectivity index (χ3n) is 5.28. The van der Waals surface area contributed by atoms with Gasteiger partial charge in [-0.25, -0.2) is 13.2 Å². The molecule has 0 saturated heterocycles. The SMILES string of the molecule is COC(=O)c1cnccc1[P+](c1ccccc1)(c1ccccc1)c1ccccc1.O=S(=O)([O-])C(F)(F)F. The third-order valence-corrected chi connectivity index (χ3v) is 10.2. The molecule has 192 valence electrons. The number of methoxy groups -OCH3 is 1. The van der Waals surface area contributed by atoms with Gasteiger partial charge in [0.25, 0.3) is 0 Å². The summed E-state index contributed by atoms with van der Waals surface area (Å²) in [6.45, 7) is 0. The van der Waals surface area contributed by atoms with Crippen molar-refractivity contribution in [1.82, 2.24) is 4.98 Å². The van der Waals surface area contributed by atoms with Crippen LogP contribution in [0.2, 0.25) is 0 Å². The Hall–Kier alpha value is -3.59. The smallest absolute Gasteiger partial charge is 0.485 e. The third kappa shape index (κ3) is 6.05. The van der Waals surface area contributed by atoms with E-state index < -0.39 is 22.9 Å². The summed E-state index contributed by atoms with van der Waals surface area (Å²) >= 11 is 0. The number of alkyl halides is 3. The van der Waals surface area contributed by atoms with Crippen LogP contribution in [-0.4, -0.2) is 36.5 Å². The van der Waals surface area contributed by atoms with Crippen LogP contribution < -0.4 is 21.2 Å². The van der Waals surface area contributed by atoms with Crippen LogP contribution in [0.15, 0.2) is 109 Å². The van der Waals surface area contributed by atoms with Gasteiger partial charge in [-0.15, -0.1) is 0 Å². The Morgan fingerprint density at radius 3 is 1.51 bits per heavy atom. The molecular formula is C26H21F3NO5PS. The molecule has 0 saturated carbocycles. The fraction of sp³-hybridized carbons (Fsp3) is 0.0769. The van der Waals surface area contributed by atoms with Crippen LogP contribution in [0.1, 0.15) is 10.4 Å². The van der Waals surface area contributed by atoms with Crippen molar-refractivity contribution in [2.45, 2.75) is 5.51 Å². The number of aromatic nitrogens is 1. The zero-order chi connectivity index (χ0) is 27.1. The first-order valence-corrected chi connectivity index (χ1v) is 13.8. The van der Waals surface area contributed by atoms with Gasteiger partial charge < -0.3 is 9.29 Å². The molecule has 0 bridgehead atoms. The van der Waals surface area contributed by atoms with Gasteiger partial charge in [-0.05, 0) is 36.4 Å². The molecule has 3 aromatic carbocycles. The van der Waals surface area contributed by atoms with Crippen LogP contribution >= 0.6 is 7.26 Å². The summed E-state index contributed by atoms with van der Waals surface area (Å²) in [7, 11) is -7.03. The number of benzene rings is 3. The van der Waals surface area contributed by atoms with E-state index in [2.05, 4.69) is 77.8 Å². The lowest BCUT2D eigenvalue weighted by atomic mass is 10.3. The second-order valence-corrected chi connectivity index (χ2v) is 12.2. The summed E-state index contributed by atoms with van der Waals surface area (Å²) in [5.41, 5.74) is -5.15. The van der Waals surface area contributed by atoms with Crippen LogP contribution in [0, 0.1) is 0 Å². The van der Waals surface area contributed by atoms with E-state index in [9.17, 15) is 18.0 Å². The van der Waals surface area contributed by atoms with Crippen LogP contribution in [0.25, 0.3) is 0 Å². The molecule has 0 unspecified atom stereocenters. The molecule has 0 amide bonds. The summed E-state index contributed by atoms with van der Waals surface area (Å²) in [6, 6.07) is 33.2. The monoisotopic (exact) mass is 547 g/mol. The second-order valence-electron chi connectivity index (χ2n) is 7.46. The summed E-state index contributed by atoms with van der Waals surface area (Å²) in [5.74, 6) is -0.375. The van der Waals surface area contributed by atoms with Crippen molar-refractivity contribution in [2.75, 3.05) is 7.11 Å². The fourth-order valence-electron chi connectivity index (χ4n) is 3.77. The predicted octanol–water partition coefficient (Wildman–Crippen LogP) is 3.54. The Labute approximate surface area is 212 Å². The Balaban J connectivity index is 0.000000414. The first kappa shape index (κ1) is 28.0. The van der Waals surface area contributed by atoms with Gasteiger partial charge in [0.2, 0.25) is 0 Å². The van der Waals surface area contributed by atoms with Crippen molar-refractivity contribution in [3.63, 3.8) is 0 Å². The highest BCUT2D eigenvalue weighted by Crippen LogP contribution is 2.54. The zero-order valence-corrected chi connectivity index (χ0v) is 21.1. The maximum Gasteiger partial charge on any atom is 0.485 e.